The molecule has 0 saturated carbocycles. The average molecular weight is 119 g/mol. The Balaban J connectivity index is 2.72. The van der Waals surface area contributed by atoms with Crippen molar-refractivity contribution in [1.82, 2.24) is 0 Å². The molecule has 1 atom stereocenters. The van der Waals surface area contributed by atoms with Gasteiger partial charge in [-0.05, 0) is 12.8 Å². The van der Waals surface area contributed by atoms with Crippen LogP contribution in [0.15, 0.2) is 0 Å². The molecule has 2 heteroatoms. The summed E-state index contributed by atoms with van der Waals surface area (Å²) in [5, 5.41) is 0. The highest BCUT2D eigenvalue weighted by Gasteiger charge is 1.94. The summed E-state index contributed by atoms with van der Waals surface area (Å²) in [5.74, 6) is 0. The van der Waals surface area contributed by atoms with Gasteiger partial charge in [-0.1, -0.05) is 19.8 Å². The molecule has 2 N–H and O–H groups in total. The molecule has 0 spiro atoms. The summed E-state index contributed by atoms with van der Waals surface area (Å²) in [5.41, 5.74) is 4.87. The molecule has 50 valence electrons. The minimum Gasteiger partial charge on any atom is -0.302 e. The topological polar surface area (TPSA) is 26.0 Å². The second-order valence-corrected chi connectivity index (χ2v) is 2.01. The zero-order valence-corrected chi connectivity index (χ0v) is 5.36. The first-order chi connectivity index (χ1) is 3.77. The van der Waals surface area contributed by atoms with Crippen LogP contribution in [-0.2, 0) is 0 Å². The van der Waals surface area contributed by atoms with E-state index < -0.39 is 6.30 Å². The minimum atomic E-state index is -1.10. The van der Waals surface area contributed by atoms with Gasteiger partial charge in [-0.25, -0.2) is 4.39 Å². The van der Waals surface area contributed by atoms with Gasteiger partial charge in [0.25, 0.3) is 0 Å². The number of hydrogen-bond acceptors (Lipinski definition) is 1. The van der Waals surface area contributed by atoms with Crippen LogP contribution in [0.4, 0.5) is 4.39 Å². The van der Waals surface area contributed by atoms with Crippen molar-refractivity contribution >= 4 is 0 Å². The van der Waals surface area contributed by atoms with Gasteiger partial charge in [0.1, 0.15) is 6.30 Å². The Morgan fingerprint density at radius 1 is 1.50 bits per heavy atom. The molecule has 0 aromatic heterocycles. The molecule has 0 amide bonds. The Hall–Kier alpha value is -0.110. The monoisotopic (exact) mass is 119 g/mol. The maximum Gasteiger partial charge on any atom is 0.148 e. The molecule has 0 heterocycles. The van der Waals surface area contributed by atoms with Gasteiger partial charge in [-0.2, -0.15) is 0 Å². The van der Waals surface area contributed by atoms with Gasteiger partial charge in [-0.15, -0.1) is 0 Å². The molecule has 0 saturated heterocycles. The lowest BCUT2D eigenvalue weighted by molar-refractivity contribution is 0.315. The summed E-state index contributed by atoms with van der Waals surface area (Å²) in [6.45, 7) is 2.09. The minimum absolute atomic E-state index is 0.522. The third-order valence-corrected chi connectivity index (χ3v) is 1.08. The van der Waals surface area contributed by atoms with Crippen LogP contribution in [0, 0.1) is 0 Å². The van der Waals surface area contributed by atoms with E-state index in [0.717, 1.165) is 19.3 Å². The Morgan fingerprint density at radius 3 is 2.50 bits per heavy atom. The summed E-state index contributed by atoms with van der Waals surface area (Å²) in [6.07, 6.45) is 2.58. The van der Waals surface area contributed by atoms with Gasteiger partial charge < -0.3 is 5.73 Å². The molecule has 0 aliphatic rings. The van der Waals surface area contributed by atoms with Crippen LogP contribution in [0.2, 0.25) is 0 Å². The van der Waals surface area contributed by atoms with Crippen molar-refractivity contribution in [2.45, 2.75) is 38.9 Å². The lowest BCUT2D eigenvalue weighted by Gasteiger charge is -1.97. The smallest absolute Gasteiger partial charge is 0.148 e. The molecule has 0 aliphatic heterocycles. The predicted octanol–water partition coefficient (Wildman–Crippen LogP) is 1.82. The number of rotatable bonds is 4. The van der Waals surface area contributed by atoms with E-state index in [1.165, 1.54) is 0 Å². The van der Waals surface area contributed by atoms with E-state index in [-0.39, 0.29) is 0 Å². The van der Waals surface area contributed by atoms with Crippen LogP contribution in [0.1, 0.15) is 32.6 Å². The summed E-state index contributed by atoms with van der Waals surface area (Å²) < 4.78 is 11.8. The SMILES string of the molecule is CCCCCC(N)F. The fraction of sp³-hybridized carbons (Fsp3) is 1.00. The van der Waals surface area contributed by atoms with Crippen molar-refractivity contribution in [3.63, 3.8) is 0 Å². The fourth-order valence-corrected chi connectivity index (χ4v) is 0.589. The zero-order chi connectivity index (χ0) is 6.41. The lowest BCUT2D eigenvalue weighted by Crippen LogP contribution is -2.11. The Labute approximate surface area is 50.1 Å². The fourth-order valence-electron chi connectivity index (χ4n) is 0.589. The van der Waals surface area contributed by atoms with Crippen molar-refractivity contribution in [3.05, 3.63) is 0 Å². The molecule has 0 aromatic carbocycles. The van der Waals surface area contributed by atoms with E-state index in [9.17, 15) is 4.39 Å². The highest BCUT2D eigenvalue weighted by molar-refractivity contribution is 4.44. The summed E-state index contributed by atoms with van der Waals surface area (Å²) >= 11 is 0. The summed E-state index contributed by atoms with van der Waals surface area (Å²) in [4.78, 5) is 0. The van der Waals surface area contributed by atoms with Gasteiger partial charge in [0.2, 0.25) is 0 Å². The number of unbranched alkanes of at least 4 members (excludes halogenated alkanes) is 2. The highest BCUT2D eigenvalue weighted by Crippen LogP contribution is 2.01. The highest BCUT2D eigenvalue weighted by atomic mass is 19.1. The molecule has 1 unspecified atom stereocenters. The van der Waals surface area contributed by atoms with E-state index in [1.54, 1.807) is 0 Å². The van der Waals surface area contributed by atoms with Crippen molar-refractivity contribution in [2.75, 3.05) is 0 Å². The largest absolute Gasteiger partial charge is 0.302 e. The standard InChI is InChI=1S/C6H14FN/c1-2-3-4-5-6(7)8/h6H,2-5,8H2,1H3. The molecule has 0 bridgehead atoms. The van der Waals surface area contributed by atoms with E-state index in [4.69, 9.17) is 5.73 Å². The molecular weight excluding hydrogens is 105 g/mol. The third-order valence-electron chi connectivity index (χ3n) is 1.08. The molecule has 0 aromatic rings. The van der Waals surface area contributed by atoms with E-state index >= 15 is 0 Å². The van der Waals surface area contributed by atoms with Crippen LogP contribution in [0.25, 0.3) is 0 Å². The van der Waals surface area contributed by atoms with Gasteiger partial charge in [0.05, 0.1) is 0 Å². The van der Waals surface area contributed by atoms with E-state index in [1.807, 2.05) is 0 Å². The van der Waals surface area contributed by atoms with Crippen LogP contribution >= 0.6 is 0 Å². The summed E-state index contributed by atoms with van der Waals surface area (Å²) in [7, 11) is 0. The third kappa shape index (κ3) is 5.89. The second-order valence-electron chi connectivity index (χ2n) is 2.01. The van der Waals surface area contributed by atoms with Crippen molar-refractivity contribution < 1.29 is 4.39 Å². The first-order valence-electron chi connectivity index (χ1n) is 3.17. The maximum atomic E-state index is 11.8. The normalized spacial score (nSPS) is 13.9. The van der Waals surface area contributed by atoms with Crippen molar-refractivity contribution in [2.24, 2.45) is 5.73 Å². The molecular formula is C6H14FN. The number of alkyl halides is 1. The van der Waals surface area contributed by atoms with Gasteiger partial charge in [0.15, 0.2) is 0 Å². The van der Waals surface area contributed by atoms with Gasteiger partial charge >= 0.3 is 0 Å². The lowest BCUT2D eigenvalue weighted by atomic mass is 10.2. The molecule has 8 heavy (non-hydrogen) atoms. The molecule has 0 radical (unpaired) electrons. The van der Waals surface area contributed by atoms with Gasteiger partial charge in [-0.3, -0.25) is 0 Å². The first-order valence-corrected chi connectivity index (χ1v) is 3.17. The van der Waals surface area contributed by atoms with Crippen LogP contribution in [0.5, 0.6) is 0 Å². The predicted molar refractivity (Wildman–Crippen MR) is 33.2 cm³/mol. The number of halogens is 1. The number of nitrogens with two attached hydrogens (primary N) is 1. The van der Waals surface area contributed by atoms with E-state index in [2.05, 4.69) is 6.92 Å². The molecule has 0 fully saturated rings. The van der Waals surface area contributed by atoms with Crippen LogP contribution in [-0.4, -0.2) is 6.30 Å². The first kappa shape index (κ1) is 7.89. The number of hydrogen-bond donors (Lipinski definition) is 1. The summed E-state index contributed by atoms with van der Waals surface area (Å²) in [6, 6.07) is 0. The Bertz CT molecular complexity index is 45.8. The molecule has 0 aliphatic carbocycles. The van der Waals surface area contributed by atoms with E-state index in [0.29, 0.717) is 6.42 Å². The maximum absolute atomic E-state index is 11.8. The van der Waals surface area contributed by atoms with Crippen molar-refractivity contribution in [1.29, 1.82) is 0 Å². The second kappa shape index (κ2) is 5.04. The molecule has 0 rings (SSSR count). The molecule has 1 nitrogen and oxygen atoms in total. The quantitative estimate of drug-likeness (QED) is 0.443. The Kier molecular flexibility index (Phi) is 4.97. The van der Waals surface area contributed by atoms with Crippen molar-refractivity contribution in [3.8, 4) is 0 Å². The van der Waals surface area contributed by atoms with Crippen LogP contribution < -0.4 is 5.73 Å². The Morgan fingerprint density at radius 2 is 2.12 bits per heavy atom. The zero-order valence-electron chi connectivity index (χ0n) is 5.36. The van der Waals surface area contributed by atoms with Gasteiger partial charge in [0, 0.05) is 0 Å². The average Bonchev–Trinajstić information content (AvgIpc) is 1.66. The van der Waals surface area contributed by atoms with Crippen LogP contribution in [0.3, 0.4) is 0 Å².